The van der Waals surface area contributed by atoms with Gasteiger partial charge in [0.15, 0.2) is 0 Å². The van der Waals surface area contributed by atoms with Crippen LogP contribution in [0.2, 0.25) is 5.02 Å². The van der Waals surface area contributed by atoms with Crippen LogP contribution < -0.4 is 4.74 Å². The van der Waals surface area contributed by atoms with Gasteiger partial charge in [-0.15, -0.1) is 0 Å². The minimum Gasteiger partial charge on any atom is -0.480 e. The number of aromatic nitrogens is 2. The minimum absolute atomic E-state index is 0.466. The van der Waals surface area contributed by atoms with Crippen LogP contribution >= 0.6 is 11.6 Å². The molecule has 0 aliphatic heterocycles. The highest BCUT2D eigenvalue weighted by Gasteiger charge is 2.10. The van der Waals surface area contributed by atoms with Crippen LogP contribution in [0, 0.1) is 0 Å². The van der Waals surface area contributed by atoms with E-state index in [0.717, 1.165) is 23.1 Å². The minimum atomic E-state index is 0.466. The third-order valence-corrected chi connectivity index (χ3v) is 2.60. The number of pyridine rings is 1. The number of hydrogen-bond acceptors (Lipinski definition) is 3. The zero-order valence-corrected chi connectivity index (χ0v) is 10.3. The van der Waals surface area contributed by atoms with Crippen LogP contribution in [0.1, 0.15) is 5.56 Å². The summed E-state index contributed by atoms with van der Waals surface area (Å²) in [5, 5.41) is 0.522. The molecule has 0 unspecified atom stereocenters. The van der Waals surface area contributed by atoms with Gasteiger partial charge in [-0.3, -0.25) is 0 Å². The molecule has 0 fully saturated rings. The maximum Gasteiger partial charge on any atom is 0.233 e. The van der Waals surface area contributed by atoms with Gasteiger partial charge in [-0.1, -0.05) is 11.6 Å². The van der Waals surface area contributed by atoms with Crippen molar-refractivity contribution in [3.05, 3.63) is 22.8 Å². The highest BCUT2D eigenvalue weighted by molar-refractivity contribution is 6.32. The standard InChI is InChI=1S/C11H14ClN3O/c1-15(2)6-7-5-13-9-4-8(12)11(16-3)14-10(7)9/h4-5,13H,6H2,1-3H3. The molecule has 0 atom stereocenters. The molecule has 1 N–H and O–H groups in total. The third kappa shape index (κ3) is 1.99. The van der Waals surface area contributed by atoms with Crippen LogP contribution in [0.5, 0.6) is 5.88 Å². The maximum atomic E-state index is 6.00. The van der Waals surface area contributed by atoms with Crippen molar-refractivity contribution in [1.82, 2.24) is 14.9 Å². The highest BCUT2D eigenvalue weighted by atomic mass is 35.5. The van der Waals surface area contributed by atoms with E-state index in [4.69, 9.17) is 16.3 Å². The summed E-state index contributed by atoms with van der Waals surface area (Å²) < 4.78 is 5.11. The molecule has 0 aliphatic carbocycles. The van der Waals surface area contributed by atoms with Gasteiger partial charge in [-0.25, -0.2) is 4.98 Å². The Bertz CT molecular complexity index is 507. The quantitative estimate of drug-likeness (QED) is 0.894. The summed E-state index contributed by atoms with van der Waals surface area (Å²) in [7, 11) is 5.61. The smallest absolute Gasteiger partial charge is 0.233 e. The van der Waals surface area contributed by atoms with Crippen molar-refractivity contribution in [2.75, 3.05) is 21.2 Å². The summed E-state index contributed by atoms with van der Waals surface area (Å²) in [6.45, 7) is 0.831. The predicted molar refractivity (Wildman–Crippen MR) is 65.0 cm³/mol. The number of nitrogens with one attached hydrogen (secondary N) is 1. The van der Waals surface area contributed by atoms with Crippen LogP contribution in [0.3, 0.4) is 0 Å². The van der Waals surface area contributed by atoms with Crippen molar-refractivity contribution in [3.63, 3.8) is 0 Å². The first-order valence-corrected chi connectivity index (χ1v) is 5.35. The molecule has 0 bridgehead atoms. The van der Waals surface area contributed by atoms with E-state index in [9.17, 15) is 0 Å². The Kier molecular flexibility index (Phi) is 3.03. The molecule has 0 aromatic carbocycles. The molecule has 0 radical (unpaired) electrons. The molecular weight excluding hydrogens is 226 g/mol. The molecule has 5 heteroatoms. The molecule has 16 heavy (non-hydrogen) atoms. The lowest BCUT2D eigenvalue weighted by Crippen LogP contribution is -2.10. The van der Waals surface area contributed by atoms with Crippen molar-refractivity contribution >= 4 is 22.6 Å². The van der Waals surface area contributed by atoms with Crippen LogP contribution in [0.15, 0.2) is 12.3 Å². The Hall–Kier alpha value is -1.26. The number of ether oxygens (including phenoxy) is 1. The lowest BCUT2D eigenvalue weighted by molar-refractivity contribution is 0.397. The van der Waals surface area contributed by atoms with E-state index in [2.05, 4.69) is 14.9 Å². The van der Waals surface area contributed by atoms with E-state index in [1.807, 2.05) is 26.4 Å². The number of nitrogens with zero attached hydrogens (tertiary/aromatic N) is 2. The summed E-state index contributed by atoms with van der Waals surface area (Å²) in [5.41, 5.74) is 2.98. The molecule has 0 amide bonds. The summed E-state index contributed by atoms with van der Waals surface area (Å²) >= 11 is 6.00. The van der Waals surface area contributed by atoms with Gasteiger partial charge in [-0.05, 0) is 20.2 Å². The normalized spacial score (nSPS) is 11.3. The zero-order chi connectivity index (χ0) is 11.7. The fourth-order valence-electron chi connectivity index (χ4n) is 1.66. The van der Waals surface area contributed by atoms with Crippen LogP contribution in [-0.4, -0.2) is 36.1 Å². The average Bonchev–Trinajstić information content (AvgIpc) is 2.59. The second kappa shape index (κ2) is 4.31. The molecule has 0 spiro atoms. The number of H-pyrrole nitrogens is 1. The van der Waals surface area contributed by atoms with Crippen LogP contribution in [0.25, 0.3) is 11.0 Å². The first-order valence-electron chi connectivity index (χ1n) is 4.97. The summed E-state index contributed by atoms with van der Waals surface area (Å²) in [4.78, 5) is 9.64. The van der Waals surface area contributed by atoms with E-state index in [0.29, 0.717) is 10.9 Å². The lowest BCUT2D eigenvalue weighted by atomic mass is 10.2. The monoisotopic (exact) mass is 239 g/mol. The Balaban J connectivity index is 2.53. The molecule has 2 rings (SSSR count). The van der Waals surface area contributed by atoms with Crippen molar-refractivity contribution in [2.24, 2.45) is 0 Å². The molecule has 86 valence electrons. The van der Waals surface area contributed by atoms with Gasteiger partial charge >= 0.3 is 0 Å². The van der Waals surface area contributed by atoms with Gasteiger partial charge in [0.2, 0.25) is 5.88 Å². The van der Waals surface area contributed by atoms with E-state index >= 15 is 0 Å². The Morgan fingerprint density at radius 1 is 1.50 bits per heavy atom. The van der Waals surface area contributed by atoms with Crippen LogP contribution in [-0.2, 0) is 6.54 Å². The average molecular weight is 240 g/mol. The van der Waals surface area contributed by atoms with Gasteiger partial charge in [-0.2, -0.15) is 0 Å². The molecule has 2 heterocycles. The number of halogens is 1. The van der Waals surface area contributed by atoms with E-state index < -0.39 is 0 Å². The molecule has 0 aliphatic rings. The van der Waals surface area contributed by atoms with Crippen molar-refractivity contribution in [2.45, 2.75) is 6.54 Å². The molecule has 2 aromatic rings. The number of aromatic amines is 1. The van der Waals surface area contributed by atoms with Crippen LogP contribution in [0.4, 0.5) is 0 Å². The van der Waals surface area contributed by atoms with Gasteiger partial charge in [0.05, 0.1) is 18.1 Å². The third-order valence-electron chi connectivity index (χ3n) is 2.33. The van der Waals surface area contributed by atoms with Crippen molar-refractivity contribution in [3.8, 4) is 5.88 Å². The van der Waals surface area contributed by atoms with Gasteiger partial charge < -0.3 is 14.6 Å². The first kappa shape index (κ1) is 11.2. The highest BCUT2D eigenvalue weighted by Crippen LogP contribution is 2.27. The Labute approximate surface area is 99.2 Å². The predicted octanol–water partition coefficient (Wildman–Crippen LogP) is 2.29. The number of hydrogen-bond donors (Lipinski definition) is 1. The van der Waals surface area contributed by atoms with Gasteiger partial charge in [0.25, 0.3) is 0 Å². The Morgan fingerprint density at radius 3 is 2.88 bits per heavy atom. The topological polar surface area (TPSA) is 41.1 Å². The largest absolute Gasteiger partial charge is 0.480 e. The summed E-state index contributed by atoms with van der Waals surface area (Å²) in [6.07, 6.45) is 1.95. The summed E-state index contributed by atoms with van der Waals surface area (Å²) in [6, 6.07) is 1.84. The molecule has 4 nitrogen and oxygen atoms in total. The fourth-order valence-corrected chi connectivity index (χ4v) is 1.89. The van der Waals surface area contributed by atoms with Gasteiger partial charge in [0, 0.05) is 18.3 Å². The number of fused-ring (bicyclic) bond motifs is 1. The SMILES string of the molecule is COc1nc2c(CN(C)C)c[nH]c2cc1Cl. The van der Waals surface area contributed by atoms with E-state index in [1.54, 1.807) is 7.11 Å². The van der Waals surface area contributed by atoms with E-state index in [1.165, 1.54) is 0 Å². The second-order valence-corrected chi connectivity index (χ2v) is 4.33. The number of methoxy groups -OCH3 is 1. The second-order valence-electron chi connectivity index (χ2n) is 3.93. The maximum absolute atomic E-state index is 6.00. The van der Waals surface area contributed by atoms with Gasteiger partial charge in [0.1, 0.15) is 5.02 Å². The zero-order valence-electron chi connectivity index (χ0n) is 9.54. The molecule has 0 saturated heterocycles. The molecular formula is C11H14ClN3O. The fraction of sp³-hybridized carbons (Fsp3) is 0.364. The van der Waals surface area contributed by atoms with Crippen molar-refractivity contribution < 1.29 is 4.74 Å². The molecule has 0 saturated carbocycles. The van der Waals surface area contributed by atoms with E-state index in [-0.39, 0.29) is 0 Å². The lowest BCUT2D eigenvalue weighted by Gasteiger charge is -2.08. The molecule has 2 aromatic heterocycles. The van der Waals surface area contributed by atoms with Crippen molar-refractivity contribution in [1.29, 1.82) is 0 Å². The first-order chi connectivity index (χ1) is 7.61. The number of rotatable bonds is 3. The summed E-state index contributed by atoms with van der Waals surface area (Å²) in [5.74, 6) is 0.466. The Morgan fingerprint density at radius 2 is 2.25 bits per heavy atom.